The van der Waals surface area contributed by atoms with Crippen molar-refractivity contribution in [2.75, 3.05) is 6.61 Å². The summed E-state index contributed by atoms with van der Waals surface area (Å²) in [4.78, 5) is 10.8. The Morgan fingerprint density at radius 1 is 1.12 bits per heavy atom. The van der Waals surface area contributed by atoms with E-state index in [0.29, 0.717) is 6.61 Å². The van der Waals surface area contributed by atoms with Gasteiger partial charge in [0.25, 0.3) is 0 Å². The molecule has 2 heteroatoms. The van der Waals surface area contributed by atoms with E-state index in [1.165, 1.54) is 0 Å². The summed E-state index contributed by atoms with van der Waals surface area (Å²) in [5, 5.41) is 0. The van der Waals surface area contributed by atoms with Gasteiger partial charge in [-0.3, -0.25) is 0 Å². The molecule has 0 fully saturated rings. The molecule has 0 radical (unpaired) electrons. The minimum absolute atomic E-state index is 0.0806. The molecule has 0 aliphatic heterocycles. The molecule has 2 nitrogen and oxygen atoms in total. The summed E-state index contributed by atoms with van der Waals surface area (Å²) in [6, 6.07) is 0. The fourth-order valence-electron chi connectivity index (χ4n) is 1.44. The summed E-state index contributed by atoms with van der Waals surface area (Å²) in [5.74, 6) is 0. The molecule has 0 bridgehead atoms. The van der Waals surface area contributed by atoms with Gasteiger partial charge in [-0.2, -0.15) is 0 Å². The quantitative estimate of drug-likeness (QED) is 0.253. The van der Waals surface area contributed by atoms with Crippen molar-refractivity contribution in [2.24, 2.45) is 5.41 Å². The van der Waals surface area contributed by atoms with Gasteiger partial charge in [-0.1, -0.05) is 59.4 Å². The lowest BCUT2D eigenvalue weighted by atomic mass is 9.73. The van der Waals surface area contributed by atoms with E-state index in [9.17, 15) is 0 Å². The highest BCUT2D eigenvalue weighted by molar-refractivity contribution is 5.16. The topological polar surface area (TPSA) is 18.5 Å². The van der Waals surface area contributed by atoms with Gasteiger partial charge < -0.3 is 0 Å². The van der Waals surface area contributed by atoms with E-state index in [1.807, 2.05) is 0 Å². The van der Waals surface area contributed by atoms with Crippen LogP contribution >= 0.6 is 0 Å². The Morgan fingerprint density at radius 3 is 2.06 bits per heavy atom. The van der Waals surface area contributed by atoms with Crippen LogP contribution in [-0.2, 0) is 9.78 Å². The van der Waals surface area contributed by atoms with Crippen LogP contribution in [0.15, 0.2) is 25.3 Å². The fourth-order valence-corrected chi connectivity index (χ4v) is 1.44. The summed E-state index contributed by atoms with van der Waals surface area (Å²) in [5.41, 5.74) is -0.696. The van der Waals surface area contributed by atoms with Crippen LogP contribution in [0.2, 0.25) is 0 Å². The third-order valence-corrected chi connectivity index (χ3v) is 3.33. The second-order valence-corrected chi connectivity index (χ2v) is 4.70. The van der Waals surface area contributed by atoms with Crippen molar-refractivity contribution in [1.29, 1.82) is 0 Å². The molecule has 16 heavy (non-hydrogen) atoms. The molecule has 0 amide bonds. The number of hydrogen-bond acceptors (Lipinski definition) is 2. The Hall–Kier alpha value is -0.600. The minimum atomic E-state index is -0.616. The van der Waals surface area contributed by atoms with E-state index >= 15 is 0 Å². The van der Waals surface area contributed by atoms with Gasteiger partial charge in [0.15, 0.2) is 0 Å². The summed E-state index contributed by atoms with van der Waals surface area (Å²) >= 11 is 0. The van der Waals surface area contributed by atoms with Gasteiger partial charge in [-0.15, -0.1) is 0 Å². The Bertz CT molecular complexity index is 211. The van der Waals surface area contributed by atoms with Gasteiger partial charge >= 0.3 is 0 Å². The molecule has 0 aliphatic carbocycles. The first kappa shape index (κ1) is 15.4. The molecule has 0 spiro atoms. The van der Waals surface area contributed by atoms with Crippen molar-refractivity contribution in [3.05, 3.63) is 25.3 Å². The highest BCUT2D eigenvalue weighted by Crippen LogP contribution is 2.39. The second-order valence-electron chi connectivity index (χ2n) is 4.70. The van der Waals surface area contributed by atoms with Crippen LogP contribution in [0.1, 0.15) is 47.0 Å². The smallest absolute Gasteiger partial charge is 0.144 e. The standard InChI is InChI=1S/C14H26O2/c1-7-11-12-15-16-14(9-3,10-4)13(5,6)8-2/h9-10H,3-4,7-8,11-12H2,1-2,5-6H3. The SMILES string of the molecule is C=CC(C=C)(OOCCCC)C(C)(C)CC. The van der Waals surface area contributed by atoms with Crippen molar-refractivity contribution in [2.45, 2.75) is 52.6 Å². The molecule has 0 unspecified atom stereocenters. The summed E-state index contributed by atoms with van der Waals surface area (Å²) in [6.45, 7) is 16.8. The van der Waals surface area contributed by atoms with E-state index in [-0.39, 0.29) is 5.41 Å². The maximum atomic E-state index is 5.55. The van der Waals surface area contributed by atoms with Gasteiger partial charge in [0, 0.05) is 5.41 Å². The van der Waals surface area contributed by atoms with E-state index in [2.05, 4.69) is 40.9 Å². The Balaban J connectivity index is 4.57. The van der Waals surface area contributed by atoms with Gasteiger partial charge in [-0.05, 0) is 12.8 Å². The van der Waals surface area contributed by atoms with Gasteiger partial charge in [-0.25, -0.2) is 9.78 Å². The normalized spacial score (nSPS) is 12.5. The van der Waals surface area contributed by atoms with Crippen LogP contribution in [0.25, 0.3) is 0 Å². The fraction of sp³-hybridized carbons (Fsp3) is 0.714. The number of rotatable bonds is 9. The van der Waals surface area contributed by atoms with Crippen molar-refractivity contribution < 1.29 is 9.78 Å². The average molecular weight is 226 g/mol. The molecule has 0 N–H and O–H groups in total. The Labute approximate surface area is 100 Å². The van der Waals surface area contributed by atoms with E-state index in [0.717, 1.165) is 19.3 Å². The zero-order chi connectivity index (χ0) is 12.7. The van der Waals surface area contributed by atoms with Crippen LogP contribution in [0.5, 0.6) is 0 Å². The highest BCUT2D eigenvalue weighted by Gasteiger charge is 2.41. The van der Waals surface area contributed by atoms with E-state index in [4.69, 9.17) is 9.78 Å². The summed E-state index contributed by atoms with van der Waals surface area (Å²) in [6.07, 6.45) is 6.60. The second kappa shape index (κ2) is 6.87. The lowest BCUT2D eigenvalue weighted by Crippen LogP contribution is -2.43. The largest absolute Gasteiger partial charge is 0.235 e. The molecule has 0 heterocycles. The number of hydrogen-bond donors (Lipinski definition) is 0. The maximum absolute atomic E-state index is 5.55. The van der Waals surface area contributed by atoms with E-state index in [1.54, 1.807) is 12.2 Å². The Morgan fingerprint density at radius 2 is 1.69 bits per heavy atom. The van der Waals surface area contributed by atoms with E-state index < -0.39 is 5.60 Å². The lowest BCUT2D eigenvalue weighted by Gasteiger charge is -2.40. The molecule has 0 aromatic rings. The van der Waals surface area contributed by atoms with Gasteiger partial charge in [0.05, 0.1) is 6.61 Å². The molecule has 0 atom stereocenters. The first-order valence-electron chi connectivity index (χ1n) is 6.07. The third kappa shape index (κ3) is 3.46. The van der Waals surface area contributed by atoms with Gasteiger partial charge in [0.1, 0.15) is 5.60 Å². The molecule has 0 saturated carbocycles. The van der Waals surface area contributed by atoms with Crippen LogP contribution in [0.4, 0.5) is 0 Å². The first-order chi connectivity index (χ1) is 7.49. The van der Waals surface area contributed by atoms with Crippen LogP contribution in [0, 0.1) is 5.41 Å². The maximum Gasteiger partial charge on any atom is 0.144 e. The monoisotopic (exact) mass is 226 g/mol. The summed E-state index contributed by atoms with van der Waals surface area (Å²) in [7, 11) is 0. The molecular formula is C14H26O2. The third-order valence-electron chi connectivity index (χ3n) is 3.33. The molecule has 0 aliphatic rings. The van der Waals surface area contributed by atoms with Crippen molar-refractivity contribution in [1.82, 2.24) is 0 Å². The first-order valence-corrected chi connectivity index (χ1v) is 6.07. The minimum Gasteiger partial charge on any atom is -0.235 e. The molecule has 0 aromatic carbocycles. The predicted octanol–water partition coefficient (Wildman–Crippen LogP) is 4.28. The van der Waals surface area contributed by atoms with Crippen molar-refractivity contribution >= 4 is 0 Å². The van der Waals surface area contributed by atoms with Crippen LogP contribution < -0.4 is 0 Å². The van der Waals surface area contributed by atoms with Crippen LogP contribution in [0.3, 0.4) is 0 Å². The molecule has 0 aromatic heterocycles. The zero-order valence-electron chi connectivity index (χ0n) is 11.2. The average Bonchev–Trinajstić information content (AvgIpc) is 2.29. The Kier molecular flexibility index (Phi) is 6.61. The lowest BCUT2D eigenvalue weighted by molar-refractivity contribution is -0.356. The zero-order valence-corrected chi connectivity index (χ0v) is 11.2. The molecule has 0 rings (SSSR count). The number of unbranched alkanes of at least 4 members (excludes halogenated alkanes) is 1. The highest BCUT2D eigenvalue weighted by atomic mass is 17.2. The van der Waals surface area contributed by atoms with Crippen molar-refractivity contribution in [3.8, 4) is 0 Å². The molecule has 94 valence electrons. The predicted molar refractivity (Wildman–Crippen MR) is 69.1 cm³/mol. The van der Waals surface area contributed by atoms with Crippen LogP contribution in [-0.4, -0.2) is 12.2 Å². The van der Waals surface area contributed by atoms with Gasteiger partial charge in [0.2, 0.25) is 0 Å². The molecular weight excluding hydrogens is 200 g/mol. The summed E-state index contributed by atoms with van der Waals surface area (Å²) < 4.78 is 0. The van der Waals surface area contributed by atoms with Crippen molar-refractivity contribution in [3.63, 3.8) is 0 Å². The molecule has 0 saturated heterocycles.